The van der Waals surface area contributed by atoms with Crippen LogP contribution in [0.5, 0.6) is 0 Å². The number of nitrogens with one attached hydrogen (secondary N) is 1. The minimum atomic E-state index is 0.570. The van der Waals surface area contributed by atoms with Crippen molar-refractivity contribution in [3.8, 4) is 0 Å². The molecule has 4 heteroatoms. The molecule has 1 unspecified atom stereocenters. The van der Waals surface area contributed by atoms with Crippen LogP contribution in [0.2, 0.25) is 0 Å². The first kappa shape index (κ1) is 13.4. The van der Waals surface area contributed by atoms with Gasteiger partial charge in [0.1, 0.15) is 0 Å². The summed E-state index contributed by atoms with van der Waals surface area (Å²) in [6, 6.07) is 8.97. The van der Waals surface area contributed by atoms with Crippen molar-refractivity contribution < 1.29 is 0 Å². The molecule has 18 heavy (non-hydrogen) atoms. The topological polar surface area (TPSA) is 29.9 Å². The van der Waals surface area contributed by atoms with E-state index < -0.39 is 0 Å². The Kier molecular flexibility index (Phi) is 4.66. The molecule has 0 saturated carbocycles. The molecule has 0 saturated heterocycles. The smallest absolute Gasteiger partial charge is 0.0841 e. The number of para-hydroxylation sites is 1. The Morgan fingerprint density at radius 2 is 2.17 bits per heavy atom. The summed E-state index contributed by atoms with van der Waals surface area (Å²) in [4.78, 5) is 0. The van der Waals surface area contributed by atoms with E-state index in [9.17, 15) is 0 Å². The molecule has 3 nitrogen and oxygen atoms in total. The van der Waals surface area contributed by atoms with Crippen LogP contribution < -0.4 is 5.32 Å². The molecule has 0 aliphatic heterocycles. The van der Waals surface area contributed by atoms with Gasteiger partial charge in [-0.1, -0.05) is 25.1 Å². The van der Waals surface area contributed by atoms with Gasteiger partial charge in [-0.2, -0.15) is 16.9 Å². The lowest BCUT2D eigenvalue weighted by Gasteiger charge is -2.14. The van der Waals surface area contributed by atoms with Crippen molar-refractivity contribution in [3.63, 3.8) is 0 Å². The molecule has 1 heterocycles. The second-order valence-electron chi connectivity index (χ2n) is 4.53. The minimum Gasteiger partial charge on any atom is -0.307 e. The van der Waals surface area contributed by atoms with Crippen LogP contribution in [0.4, 0.5) is 0 Å². The van der Waals surface area contributed by atoms with Gasteiger partial charge in [0.25, 0.3) is 0 Å². The van der Waals surface area contributed by atoms with Crippen LogP contribution in [0, 0.1) is 0 Å². The van der Waals surface area contributed by atoms with Gasteiger partial charge in [-0.25, -0.2) is 0 Å². The van der Waals surface area contributed by atoms with E-state index in [0.717, 1.165) is 24.4 Å². The van der Waals surface area contributed by atoms with E-state index in [-0.39, 0.29) is 0 Å². The Hall–Kier alpha value is -1.00. The maximum atomic E-state index is 4.60. The minimum absolute atomic E-state index is 0.570. The molecule has 0 amide bonds. The molecule has 0 radical (unpaired) electrons. The summed E-state index contributed by atoms with van der Waals surface area (Å²) in [5.41, 5.74) is 2.35. The summed E-state index contributed by atoms with van der Waals surface area (Å²) in [5.74, 6) is 1.15. The van der Waals surface area contributed by atoms with E-state index in [4.69, 9.17) is 0 Å². The lowest BCUT2D eigenvalue weighted by molar-refractivity contribution is 0.534. The summed E-state index contributed by atoms with van der Waals surface area (Å²) in [7, 11) is 2.00. The summed E-state index contributed by atoms with van der Waals surface area (Å²) < 4.78 is 1.96. The highest BCUT2D eigenvalue weighted by atomic mass is 32.2. The van der Waals surface area contributed by atoms with Crippen molar-refractivity contribution >= 4 is 22.7 Å². The Bertz CT molecular complexity index is 507. The highest BCUT2D eigenvalue weighted by Crippen LogP contribution is 2.17. The number of fused-ring (bicyclic) bond motifs is 1. The molecule has 2 aromatic rings. The first-order valence-electron chi connectivity index (χ1n) is 6.39. The third-order valence-corrected chi connectivity index (χ3v) is 3.99. The fourth-order valence-corrected chi connectivity index (χ4v) is 2.94. The first-order valence-corrected chi connectivity index (χ1v) is 7.78. The lowest BCUT2D eigenvalue weighted by Crippen LogP contribution is -2.30. The number of aryl methyl sites for hydroxylation is 1. The highest BCUT2D eigenvalue weighted by molar-refractivity contribution is 7.98. The monoisotopic (exact) mass is 263 g/mol. The van der Waals surface area contributed by atoms with Gasteiger partial charge in [-0.15, -0.1) is 0 Å². The van der Waals surface area contributed by atoms with Crippen molar-refractivity contribution in [1.29, 1.82) is 0 Å². The summed E-state index contributed by atoms with van der Waals surface area (Å²) >= 11 is 1.89. The predicted molar refractivity (Wildman–Crippen MR) is 80.0 cm³/mol. The second-order valence-corrected chi connectivity index (χ2v) is 5.44. The molecule has 98 valence electrons. The van der Waals surface area contributed by atoms with Crippen molar-refractivity contribution in [2.24, 2.45) is 7.05 Å². The maximum Gasteiger partial charge on any atom is 0.0841 e. The third-order valence-electron chi connectivity index (χ3n) is 3.25. The van der Waals surface area contributed by atoms with Gasteiger partial charge in [-0.3, -0.25) is 4.68 Å². The molecule has 0 fully saturated rings. The Morgan fingerprint density at radius 1 is 1.39 bits per heavy atom. The molecule has 0 aliphatic carbocycles. The standard InChI is InChI=1S/C14H21N3S/c1-4-11(10-18-3)15-9-13-12-7-5-6-8-14(12)17(2)16-13/h5-8,11,15H,4,9-10H2,1-3H3. The third kappa shape index (κ3) is 2.87. The fraction of sp³-hybridized carbons (Fsp3) is 0.500. The second kappa shape index (κ2) is 6.25. The Balaban J connectivity index is 2.12. The molecule has 1 atom stereocenters. The summed E-state index contributed by atoms with van der Waals surface area (Å²) in [5, 5.41) is 9.45. The van der Waals surface area contributed by atoms with Crippen molar-refractivity contribution in [2.45, 2.75) is 25.9 Å². The van der Waals surface area contributed by atoms with Gasteiger partial charge in [0.15, 0.2) is 0 Å². The van der Waals surface area contributed by atoms with Gasteiger partial charge < -0.3 is 5.32 Å². The zero-order valence-electron chi connectivity index (χ0n) is 11.3. The number of hydrogen-bond acceptors (Lipinski definition) is 3. The number of hydrogen-bond donors (Lipinski definition) is 1. The summed E-state index contributed by atoms with van der Waals surface area (Å²) in [6.07, 6.45) is 3.31. The van der Waals surface area contributed by atoms with Gasteiger partial charge in [-0.05, 0) is 18.7 Å². The van der Waals surface area contributed by atoms with Crippen LogP contribution in [-0.2, 0) is 13.6 Å². The average molecular weight is 263 g/mol. The van der Waals surface area contributed by atoms with Crippen LogP contribution >= 0.6 is 11.8 Å². The van der Waals surface area contributed by atoms with E-state index in [1.165, 1.54) is 10.9 Å². The number of benzene rings is 1. The fourth-order valence-electron chi connectivity index (χ4n) is 2.18. The molecule has 1 aromatic heterocycles. The van der Waals surface area contributed by atoms with Crippen LogP contribution in [0.1, 0.15) is 19.0 Å². The zero-order valence-corrected chi connectivity index (χ0v) is 12.1. The van der Waals surface area contributed by atoms with Gasteiger partial charge >= 0.3 is 0 Å². The Morgan fingerprint density at radius 3 is 2.89 bits per heavy atom. The van der Waals surface area contributed by atoms with Crippen LogP contribution in [0.15, 0.2) is 24.3 Å². The molecule has 1 aromatic carbocycles. The molecule has 0 aliphatic rings. The largest absolute Gasteiger partial charge is 0.307 e. The SMILES string of the molecule is CCC(CSC)NCc1nn(C)c2ccccc12. The molecule has 0 spiro atoms. The normalized spacial score (nSPS) is 13.1. The zero-order chi connectivity index (χ0) is 13.0. The molecule has 2 rings (SSSR count). The van der Waals surface area contributed by atoms with Crippen molar-refractivity contribution in [1.82, 2.24) is 15.1 Å². The average Bonchev–Trinajstić information content (AvgIpc) is 2.72. The molecule has 0 bridgehead atoms. The van der Waals surface area contributed by atoms with Gasteiger partial charge in [0.05, 0.1) is 11.2 Å². The van der Waals surface area contributed by atoms with Gasteiger partial charge in [0, 0.05) is 30.8 Å². The molecular weight excluding hydrogens is 242 g/mol. The number of rotatable bonds is 6. The number of nitrogens with zero attached hydrogens (tertiary/aromatic N) is 2. The quantitative estimate of drug-likeness (QED) is 0.869. The predicted octanol–water partition coefficient (Wildman–Crippen LogP) is 2.80. The van der Waals surface area contributed by atoms with E-state index in [1.807, 2.05) is 23.5 Å². The molecule has 1 N–H and O–H groups in total. The van der Waals surface area contributed by atoms with E-state index >= 15 is 0 Å². The van der Waals surface area contributed by atoms with Gasteiger partial charge in [0.2, 0.25) is 0 Å². The maximum absolute atomic E-state index is 4.60. The lowest BCUT2D eigenvalue weighted by atomic mass is 10.2. The van der Waals surface area contributed by atoms with Crippen LogP contribution in [0.3, 0.4) is 0 Å². The van der Waals surface area contributed by atoms with Crippen LogP contribution in [-0.4, -0.2) is 27.8 Å². The number of aromatic nitrogens is 2. The van der Waals surface area contributed by atoms with E-state index in [1.54, 1.807) is 0 Å². The summed E-state index contributed by atoms with van der Waals surface area (Å²) in [6.45, 7) is 3.07. The van der Waals surface area contributed by atoms with E-state index in [2.05, 4.69) is 47.9 Å². The van der Waals surface area contributed by atoms with Crippen LogP contribution in [0.25, 0.3) is 10.9 Å². The van der Waals surface area contributed by atoms with Crippen molar-refractivity contribution in [2.75, 3.05) is 12.0 Å². The molecular formula is C14H21N3S. The van der Waals surface area contributed by atoms with E-state index in [0.29, 0.717) is 6.04 Å². The first-order chi connectivity index (χ1) is 8.76. The number of thioether (sulfide) groups is 1. The highest BCUT2D eigenvalue weighted by Gasteiger charge is 2.10. The van der Waals surface area contributed by atoms with Crippen molar-refractivity contribution in [3.05, 3.63) is 30.0 Å². The Labute approximate surface area is 113 Å².